The van der Waals surface area contributed by atoms with Gasteiger partial charge in [0.1, 0.15) is 11.9 Å². The van der Waals surface area contributed by atoms with Gasteiger partial charge in [-0.05, 0) is 41.3 Å². The monoisotopic (exact) mass is 285 g/mol. The molecule has 0 aliphatic rings. The standard InChI is InChI=1S/C17H16FNS/c1-17(2,3)13-4-7-15(8-5-13)20-16-9-6-14(18)10-12(16)11-19/h4-10H,1-3H3. The van der Waals surface area contributed by atoms with E-state index < -0.39 is 0 Å². The van der Waals surface area contributed by atoms with Crippen molar-refractivity contribution in [2.75, 3.05) is 0 Å². The van der Waals surface area contributed by atoms with Gasteiger partial charge < -0.3 is 0 Å². The number of nitriles is 1. The second-order valence-corrected chi connectivity index (χ2v) is 6.74. The molecule has 20 heavy (non-hydrogen) atoms. The Morgan fingerprint density at radius 3 is 2.25 bits per heavy atom. The Kier molecular flexibility index (Phi) is 4.15. The van der Waals surface area contributed by atoms with Crippen LogP contribution in [-0.4, -0.2) is 0 Å². The largest absolute Gasteiger partial charge is 0.207 e. The molecule has 0 bridgehead atoms. The van der Waals surface area contributed by atoms with Crippen LogP contribution in [0.3, 0.4) is 0 Å². The summed E-state index contributed by atoms with van der Waals surface area (Å²) >= 11 is 1.48. The minimum absolute atomic E-state index is 0.122. The first-order valence-corrected chi connectivity index (χ1v) is 7.20. The molecule has 0 heterocycles. The molecule has 2 aromatic rings. The second-order valence-electron chi connectivity index (χ2n) is 5.63. The highest BCUT2D eigenvalue weighted by Gasteiger charge is 2.13. The summed E-state index contributed by atoms with van der Waals surface area (Å²) < 4.78 is 13.1. The van der Waals surface area contributed by atoms with Crippen molar-refractivity contribution in [2.45, 2.75) is 36.0 Å². The Hall–Kier alpha value is -1.79. The van der Waals surface area contributed by atoms with Gasteiger partial charge in [0.05, 0.1) is 5.56 Å². The first-order valence-electron chi connectivity index (χ1n) is 6.38. The Bertz CT molecular complexity index is 648. The van der Waals surface area contributed by atoms with E-state index in [0.717, 1.165) is 9.79 Å². The molecular formula is C17H16FNS. The molecule has 2 rings (SSSR count). The summed E-state index contributed by atoms with van der Waals surface area (Å²) in [6.45, 7) is 6.51. The molecule has 0 saturated heterocycles. The van der Waals surface area contributed by atoms with Gasteiger partial charge in [-0.25, -0.2) is 4.39 Å². The van der Waals surface area contributed by atoms with E-state index >= 15 is 0 Å². The number of nitrogens with zero attached hydrogens (tertiary/aromatic N) is 1. The van der Waals surface area contributed by atoms with E-state index in [1.54, 1.807) is 6.07 Å². The topological polar surface area (TPSA) is 23.8 Å². The third-order valence-electron chi connectivity index (χ3n) is 3.01. The molecule has 0 radical (unpaired) electrons. The summed E-state index contributed by atoms with van der Waals surface area (Å²) in [5.74, 6) is -0.381. The Morgan fingerprint density at radius 2 is 1.70 bits per heavy atom. The van der Waals surface area contributed by atoms with Crippen molar-refractivity contribution < 1.29 is 4.39 Å². The van der Waals surface area contributed by atoms with Gasteiger partial charge in [0.25, 0.3) is 0 Å². The average Bonchev–Trinajstić information content (AvgIpc) is 2.40. The molecule has 0 aliphatic heterocycles. The zero-order chi connectivity index (χ0) is 14.8. The predicted molar refractivity (Wildman–Crippen MR) is 80.4 cm³/mol. The average molecular weight is 285 g/mol. The Labute approximate surface area is 123 Å². The number of hydrogen-bond donors (Lipinski definition) is 0. The van der Waals surface area contributed by atoms with E-state index in [-0.39, 0.29) is 11.2 Å². The molecule has 0 atom stereocenters. The van der Waals surface area contributed by atoms with Gasteiger partial charge in [0.2, 0.25) is 0 Å². The molecule has 0 unspecified atom stereocenters. The molecular weight excluding hydrogens is 269 g/mol. The molecule has 1 nitrogen and oxygen atoms in total. The fourth-order valence-corrected chi connectivity index (χ4v) is 2.71. The van der Waals surface area contributed by atoms with Crippen molar-refractivity contribution in [1.29, 1.82) is 5.26 Å². The third-order valence-corrected chi connectivity index (χ3v) is 4.09. The van der Waals surface area contributed by atoms with Crippen LogP contribution in [-0.2, 0) is 5.41 Å². The zero-order valence-electron chi connectivity index (χ0n) is 11.8. The highest BCUT2D eigenvalue weighted by Crippen LogP contribution is 2.32. The smallest absolute Gasteiger partial charge is 0.124 e. The highest BCUT2D eigenvalue weighted by atomic mass is 32.2. The molecule has 0 saturated carbocycles. The molecule has 0 spiro atoms. The molecule has 3 heteroatoms. The summed E-state index contributed by atoms with van der Waals surface area (Å²) in [6.07, 6.45) is 0. The highest BCUT2D eigenvalue weighted by molar-refractivity contribution is 7.99. The summed E-state index contributed by atoms with van der Waals surface area (Å²) in [5.41, 5.74) is 1.76. The first-order chi connectivity index (χ1) is 9.40. The van der Waals surface area contributed by atoms with Crippen LogP contribution < -0.4 is 0 Å². The minimum Gasteiger partial charge on any atom is -0.207 e. The van der Waals surface area contributed by atoms with Gasteiger partial charge in [-0.1, -0.05) is 44.7 Å². The quantitative estimate of drug-likeness (QED) is 0.762. The maximum Gasteiger partial charge on any atom is 0.124 e. The molecule has 0 fully saturated rings. The zero-order valence-corrected chi connectivity index (χ0v) is 12.6. The summed E-state index contributed by atoms with van der Waals surface area (Å²) in [4.78, 5) is 1.82. The van der Waals surface area contributed by atoms with Gasteiger partial charge >= 0.3 is 0 Å². The van der Waals surface area contributed by atoms with Crippen molar-refractivity contribution in [3.05, 3.63) is 59.4 Å². The van der Waals surface area contributed by atoms with Gasteiger partial charge in [0.15, 0.2) is 0 Å². The second kappa shape index (κ2) is 5.68. The van der Waals surface area contributed by atoms with Crippen molar-refractivity contribution in [3.8, 4) is 6.07 Å². The molecule has 0 aromatic heterocycles. The van der Waals surface area contributed by atoms with Gasteiger partial charge in [-0.3, -0.25) is 0 Å². The minimum atomic E-state index is -0.381. The Morgan fingerprint density at radius 1 is 1.05 bits per heavy atom. The first kappa shape index (κ1) is 14.6. The van der Waals surface area contributed by atoms with E-state index in [1.807, 2.05) is 18.2 Å². The lowest BCUT2D eigenvalue weighted by atomic mass is 9.87. The van der Waals surface area contributed by atoms with E-state index in [2.05, 4.69) is 32.9 Å². The van der Waals surface area contributed by atoms with Crippen molar-refractivity contribution in [2.24, 2.45) is 0 Å². The molecule has 0 amide bonds. The number of halogens is 1. The lowest BCUT2D eigenvalue weighted by Crippen LogP contribution is -2.10. The van der Waals surface area contributed by atoms with Crippen LogP contribution in [0.5, 0.6) is 0 Å². The van der Waals surface area contributed by atoms with Crippen LogP contribution >= 0.6 is 11.8 Å². The van der Waals surface area contributed by atoms with E-state index in [1.165, 1.54) is 29.5 Å². The van der Waals surface area contributed by atoms with Gasteiger partial charge in [-0.15, -0.1) is 0 Å². The van der Waals surface area contributed by atoms with E-state index in [9.17, 15) is 4.39 Å². The van der Waals surface area contributed by atoms with Crippen LogP contribution in [0.2, 0.25) is 0 Å². The van der Waals surface area contributed by atoms with Gasteiger partial charge in [-0.2, -0.15) is 5.26 Å². The molecule has 102 valence electrons. The Balaban J connectivity index is 2.25. The maximum absolute atomic E-state index is 13.1. The fourth-order valence-electron chi connectivity index (χ4n) is 1.83. The number of hydrogen-bond acceptors (Lipinski definition) is 2. The van der Waals surface area contributed by atoms with Crippen molar-refractivity contribution in [3.63, 3.8) is 0 Å². The van der Waals surface area contributed by atoms with Crippen LogP contribution in [0.25, 0.3) is 0 Å². The molecule has 0 aliphatic carbocycles. The summed E-state index contributed by atoms with van der Waals surface area (Å²) in [6, 6.07) is 14.6. The predicted octanol–water partition coefficient (Wildman–Crippen LogP) is 5.15. The van der Waals surface area contributed by atoms with E-state index in [0.29, 0.717) is 5.56 Å². The lowest BCUT2D eigenvalue weighted by molar-refractivity contribution is 0.590. The normalized spacial score (nSPS) is 11.2. The lowest BCUT2D eigenvalue weighted by Gasteiger charge is -2.19. The SMILES string of the molecule is CC(C)(C)c1ccc(Sc2ccc(F)cc2C#N)cc1. The summed E-state index contributed by atoms with van der Waals surface area (Å²) in [7, 11) is 0. The van der Waals surface area contributed by atoms with Crippen LogP contribution in [0, 0.1) is 17.1 Å². The van der Waals surface area contributed by atoms with Crippen LogP contribution in [0.1, 0.15) is 31.9 Å². The van der Waals surface area contributed by atoms with E-state index in [4.69, 9.17) is 5.26 Å². The van der Waals surface area contributed by atoms with Crippen LogP contribution in [0.15, 0.2) is 52.3 Å². The number of benzene rings is 2. The van der Waals surface area contributed by atoms with Crippen molar-refractivity contribution >= 4 is 11.8 Å². The van der Waals surface area contributed by atoms with Gasteiger partial charge in [0, 0.05) is 9.79 Å². The summed E-state index contributed by atoms with van der Waals surface area (Å²) in [5, 5.41) is 9.04. The molecule has 2 aromatic carbocycles. The third kappa shape index (κ3) is 3.40. The number of rotatable bonds is 2. The fraction of sp³-hybridized carbons (Fsp3) is 0.235. The maximum atomic E-state index is 13.1. The van der Waals surface area contributed by atoms with Crippen molar-refractivity contribution in [1.82, 2.24) is 0 Å². The van der Waals surface area contributed by atoms with Crippen LogP contribution in [0.4, 0.5) is 4.39 Å². The molecule has 0 N–H and O–H groups in total.